The summed E-state index contributed by atoms with van der Waals surface area (Å²) in [5.74, 6) is 0.346. The number of carbonyl (C=O) groups excluding carboxylic acids is 1. The number of ether oxygens (including phenoxy) is 1. The summed E-state index contributed by atoms with van der Waals surface area (Å²) in [6.07, 6.45) is 1.07. The molecule has 0 aliphatic heterocycles. The van der Waals surface area contributed by atoms with Crippen molar-refractivity contribution in [2.45, 2.75) is 12.8 Å². The number of hydrogen-bond donors (Lipinski definition) is 1. The van der Waals surface area contributed by atoms with E-state index in [1.165, 1.54) is 11.3 Å². The van der Waals surface area contributed by atoms with Gasteiger partial charge >= 0.3 is 0 Å². The van der Waals surface area contributed by atoms with Crippen LogP contribution in [0.15, 0.2) is 48.5 Å². The molecular formula is C22H20ClN3O2S2. The van der Waals surface area contributed by atoms with Gasteiger partial charge in [-0.25, -0.2) is 0 Å². The van der Waals surface area contributed by atoms with Gasteiger partial charge in [-0.1, -0.05) is 41.9 Å². The number of nitrogens with one attached hydrogen (secondary N) is 1. The van der Waals surface area contributed by atoms with Crippen molar-refractivity contribution in [2.24, 2.45) is 0 Å². The molecule has 3 aromatic rings. The monoisotopic (exact) mass is 457 g/mol. The number of carbonyl (C=O) groups is 1. The maximum absolute atomic E-state index is 12.9. The van der Waals surface area contributed by atoms with Crippen LogP contribution in [0.25, 0.3) is 10.1 Å². The Balaban J connectivity index is 1.72. The third-order valence-corrected chi connectivity index (χ3v) is 6.57. The summed E-state index contributed by atoms with van der Waals surface area (Å²) >= 11 is 13.2. The van der Waals surface area contributed by atoms with Gasteiger partial charge in [0.25, 0.3) is 5.91 Å². The van der Waals surface area contributed by atoms with Gasteiger partial charge in [0.15, 0.2) is 5.11 Å². The van der Waals surface area contributed by atoms with Crippen molar-refractivity contribution in [1.29, 1.82) is 5.26 Å². The molecule has 1 N–H and O–H groups in total. The fourth-order valence-corrected chi connectivity index (χ4v) is 4.68. The number of benzene rings is 2. The van der Waals surface area contributed by atoms with Crippen LogP contribution in [0, 0.1) is 11.3 Å². The zero-order valence-electron chi connectivity index (χ0n) is 16.4. The second kappa shape index (κ2) is 10.4. The van der Waals surface area contributed by atoms with Crippen LogP contribution in [0.2, 0.25) is 5.02 Å². The third-order valence-electron chi connectivity index (χ3n) is 4.56. The van der Waals surface area contributed by atoms with Gasteiger partial charge in [-0.3, -0.25) is 10.1 Å². The van der Waals surface area contributed by atoms with Crippen molar-refractivity contribution >= 4 is 56.3 Å². The van der Waals surface area contributed by atoms with Crippen LogP contribution in [-0.2, 0) is 6.42 Å². The molecule has 0 aliphatic carbocycles. The molecule has 0 aliphatic rings. The lowest BCUT2D eigenvalue weighted by Crippen LogP contribution is -2.43. The van der Waals surface area contributed by atoms with Gasteiger partial charge in [-0.2, -0.15) is 5.26 Å². The summed E-state index contributed by atoms with van der Waals surface area (Å²) in [6, 6.07) is 17.6. The number of amides is 1. The van der Waals surface area contributed by atoms with E-state index in [1.807, 2.05) is 47.4 Å². The second-order valence-electron chi connectivity index (χ2n) is 6.50. The van der Waals surface area contributed by atoms with Crippen LogP contribution in [0.5, 0.6) is 5.75 Å². The Kier molecular flexibility index (Phi) is 7.63. The Morgan fingerprint density at radius 1 is 1.27 bits per heavy atom. The highest BCUT2D eigenvalue weighted by Gasteiger charge is 2.20. The lowest BCUT2D eigenvalue weighted by atomic mass is 10.1. The summed E-state index contributed by atoms with van der Waals surface area (Å²) in [5.41, 5.74) is 1.16. The van der Waals surface area contributed by atoms with Crippen LogP contribution >= 0.6 is 35.2 Å². The molecule has 0 bridgehead atoms. The van der Waals surface area contributed by atoms with Crippen LogP contribution in [0.4, 0.5) is 0 Å². The van der Waals surface area contributed by atoms with E-state index in [0.717, 1.165) is 22.1 Å². The minimum atomic E-state index is -0.355. The van der Waals surface area contributed by atoms with Gasteiger partial charge in [0.05, 0.1) is 24.6 Å². The molecule has 0 unspecified atom stereocenters. The first-order valence-corrected chi connectivity index (χ1v) is 10.9. The molecule has 0 fully saturated rings. The first-order chi connectivity index (χ1) is 14.5. The minimum absolute atomic E-state index is 0.289. The Labute approximate surface area is 189 Å². The topological polar surface area (TPSA) is 65.4 Å². The fourth-order valence-electron chi connectivity index (χ4n) is 2.96. The zero-order chi connectivity index (χ0) is 21.5. The highest BCUT2D eigenvalue weighted by atomic mass is 35.5. The molecule has 154 valence electrons. The van der Waals surface area contributed by atoms with Gasteiger partial charge < -0.3 is 9.64 Å². The van der Waals surface area contributed by atoms with Crippen molar-refractivity contribution in [3.63, 3.8) is 0 Å². The standard InChI is InChI=1S/C22H20ClN3O2S2/c1-28-16-8-9-17-18(14-16)30-20(19(17)23)21(27)25-22(29)26(12-5-11-24)13-10-15-6-3-2-4-7-15/h2-4,6-9,14H,5,10,12-13H2,1H3,(H,25,27,29). The molecule has 1 amide bonds. The first-order valence-electron chi connectivity index (χ1n) is 9.30. The number of nitrogens with zero attached hydrogens (tertiary/aromatic N) is 2. The predicted molar refractivity (Wildman–Crippen MR) is 125 cm³/mol. The molecule has 0 saturated heterocycles. The molecule has 0 atom stereocenters. The lowest BCUT2D eigenvalue weighted by Gasteiger charge is -2.24. The number of nitriles is 1. The molecule has 5 nitrogen and oxygen atoms in total. The van der Waals surface area contributed by atoms with E-state index in [2.05, 4.69) is 11.4 Å². The Hall–Kier alpha value is -2.66. The van der Waals surface area contributed by atoms with E-state index < -0.39 is 0 Å². The molecule has 8 heteroatoms. The van der Waals surface area contributed by atoms with E-state index in [1.54, 1.807) is 13.2 Å². The normalized spacial score (nSPS) is 10.4. The number of methoxy groups -OCH3 is 1. The first kappa shape index (κ1) is 22.0. The zero-order valence-corrected chi connectivity index (χ0v) is 18.7. The summed E-state index contributed by atoms with van der Waals surface area (Å²) in [4.78, 5) is 15.1. The fraction of sp³-hybridized carbons (Fsp3) is 0.227. The minimum Gasteiger partial charge on any atom is -0.497 e. The Bertz CT molecular complexity index is 1090. The highest BCUT2D eigenvalue weighted by molar-refractivity contribution is 7.80. The number of thiophene rings is 1. The van der Waals surface area contributed by atoms with E-state index in [9.17, 15) is 4.79 Å². The second-order valence-corrected chi connectivity index (χ2v) is 8.31. The SMILES string of the molecule is COc1ccc2c(Cl)c(C(=O)NC(=S)N(CCC#N)CCc3ccccc3)sc2c1. The van der Waals surface area contributed by atoms with Crippen molar-refractivity contribution in [3.8, 4) is 11.8 Å². The summed E-state index contributed by atoms with van der Waals surface area (Å²) in [5, 5.41) is 13.2. The molecule has 0 spiro atoms. The molecule has 1 aromatic heterocycles. The van der Waals surface area contributed by atoms with E-state index >= 15 is 0 Å². The van der Waals surface area contributed by atoms with E-state index in [0.29, 0.717) is 35.2 Å². The van der Waals surface area contributed by atoms with Gasteiger partial charge in [0.1, 0.15) is 10.6 Å². The number of fused-ring (bicyclic) bond motifs is 1. The quantitative estimate of drug-likeness (QED) is 0.503. The van der Waals surface area contributed by atoms with Crippen LogP contribution in [0.1, 0.15) is 21.7 Å². The van der Waals surface area contributed by atoms with Gasteiger partial charge in [-0.15, -0.1) is 11.3 Å². The smallest absolute Gasteiger partial charge is 0.269 e. The maximum atomic E-state index is 12.9. The average molecular weight is 458 g/mol. The number of rotatable bonds is 7. The van der Waals surface area contributed by atoms with Crippen molar-refractivity contribution in [3.05, 3.63) is 64.0 Å². The average Bonchev–Trinajstić information content (AvgIpc) is 3.10. The van der Waals surface area contributed by atoms with E-state index in [4.69, 9.17) is 33.8 Å². The van der Waals surface area contributed by atoms with Gasteiger partial charge in [-0.05, 0) is 42.4 Å². The van der Waals surface area contributed by atoms with Crippen molar-refractivity contribution < 1.29 is 9.53 Å². The number of hydrogen-bond acceptors (Lipinski definition) is 5. The third kappa shape index (κ3) is 5.28. The summed E-state index contributed by atoms with van der Waals surface area (Å²) < 4.78 is 6.10. The molecule has 0 radical (unpaired) electrons. The van der Waals surface area contributed by atoms with E-state index in [-0.39, 0.29) is 11.0 Å². The Morgan fingerprint density at radius 3 is 2.73 bits per heavy atom. The largest absolute Gasteiger partial charge is 0.497 e. The van der Waals surface area contributed by atoms with Gasteiger partial charge in [0, 0.05) is 23.2 Å². The molecule has 0 saturated carbocycles. The molecule has 30 heavy (non-hydrogen) atoms. The summed E-state index contributed by atoms with van der Waals surface area (Å²) in [6.45, 7) is 1.04. The maximum Gasteiger partial charge on any atom is 0.269 e. The highest BCUT2D eigenvalue weighted by Crippen LogP contribution is 2.37. The van der Waals surface area contributed by atoms with Gasteiger partial charge in [0.2, 0.25) is 0 Å². The summed E-state index contributed by atoms with van der Waals surface area (Å²) in [7, 11) is 1.59. The number of thiocarbonyl (C=S) groups is 1. The van der Waals surface area contributed by atoms with Crippen LogP contribution in [0.3, 0.4) is 0 Å². The predicted octanol–water partition coefficient (Wildman–Crippen LogP) is 5.04. The Morgan fingerprint density at radius 2 is 2.03 bits per heavy atom. The van der Waals surface area contributed by atoms with Crippen molar-refractivity contribution in [1.82, 2.24) is 10.2 Å². The number of halogens is 1. The lowest BCUT2D eigenvalue weighted by molar-refractivity contribution is 0.0977. The molecule has 1 heterocycles. The molecule has 2 aromatic carbocycles. The van der Waals surface area contributed by atoms with Crippen molar-refractivity contribution in [2.75, 3.05) is 20.2 Å². The molecular weight excluding hydrogens is 438 g/mol. The van der Waals surface area contributed by atoms with Crippen LogP contribution in [-0.4, -0.2) is 36.1 Å². The molecule has 3 rings (SSSR count). The van der Waals surface area contributed by atoms with Crippen LogP contribution < -0.4 is 10.1 Å².